The van der Waals surface area contributed by atoms with Gasteiger partial charge in [-0.25, -0.2) is 4.79 Å². The zero-order valence-corrected chi connectivity index (χ0v) is 21.4. The van der Waals surface area contributed by atoms with Crippen molar-refractivity contribution in [1.82, 2.24) is 10.3 Å². The van der Waals surface area contributed by atoms with E-state index < -0.39 is 32.9 Å². The summed E-state index contributed by atoms with van der Waals surface area (Å²) in [6.45, 7) is 1.37. The molecule has 10 nitrogen and oxygen atoms in total. The molecule has 38 heavy (non-hydrogen) atoms. The number of ether oxygens (including phenoxy) is 1. The molecule has 3 aromatic rings. The number of carbonyl (C=O) groups excluding carboxylic acids is 2. The van der Waals surface area contributed by atoms with Crippen LogP contribution < -0.4 is 20.7 Å². The van der Waals surface area contributed by atoms with E-state index in [1.54, 1.807) is 30.3 Å². The third kappa shape index (κ3) is 9.88. The van der Waals surface area contributed by atoms with Crippen molar-refractivity contribution < 1.29 is 40.5 Å². The lowest BCUT2D eigenvalue weighted by Gasteiger charge is -2.12. The number of pyridine rings is 1. The molecule has 0 bridgehead atoms. The summed E-state index contributed by atoms with van der Waals surface area (Å²) in [6.07, 6.45) is -3.21. The molecule has 3 rings (SSSR count). The van der Waals surface area contributed by atoms with Crippen LogP contribution in [-0.2, 0) is 16.3 Å². The largest absolute Gasteiger partial charge is 0.457 e. The Labute approximate surface area is 220 Å². The quantitative estimate of drug-likeness (QED) is 0.286. The van der Waals surface area contributed by atoms with Crippen molar-refractivity contribution in [2.24, 2.45) is 0 Å². The number of benzene rings is 2. The number of anilines is 2. The van der Waals surface area contributed by atoms with Gasteiger partial charge in [0.15, 0.2) is 0 Å². The van der Waals surface area contributed by atoms with Gasteiger partial charge in [-0.3, -0.25) is 14.3 Å². The molecule has 0 saturated heterocycles. The van der Waals surface area contributed by atoms with Crippen molar-refractivity contribution in [1.29, 1.82) is 0 Å². The van der Waals surface area contributed by atoms with E-state index in [0.29, 0.717) is 17.2 Å². The lowest BCUT2D eigenvalue weighted by atomic mass is 10.2. The van der Waals surface area contributed by atoms with Crippen LogP contribution in [0.4, 0.5) is 29.3 Å². The third-order valence-electron chi connectivity index (χ3n) is 4.43. The van der Waals surface area contributed by atoms with E-state index in [2.05, 4.69) is 20.9 Å². The molecule has 0 radical (unpaired) electrons. The molecule has 1 heterocycles. The predicted octanol–water partition coefficient (Wildman–Crippen LogP) is 5.44. The molecule has 15 heteroatoms. The minimum absolute atomic E-state index is 0.0659. The molecular formula is C23H22ClF3N4O6S. The van der Waals surface area contributed by atoms with Crippen LogP contribution in [0, 0.1) is 0 Å². The van der Waals surface area contributed by atoms with Crippen molar-refractivity contribution in [3.63, 3.8) is 0 Å². The van der Waals surface area contributed by atoms with E-state index in [1.165, 1.54) is 32.3 Å². The molecule has 0 aliphatic carbocycles. The number of rotatable bonds is 6. The van der Waals surface area contributed by atoms with E-state index >= 15 is 0 Å². The van der Waals surface area contributed by atoms with Crippen LogP contribution in [0.1, 0.15) is 23.0 Å². The van der Waals surface area contributed by atoms with Crippen LogP contribution in [0.3, 0.4) is 0 Å². The van der Waals surface area contributed by atoms with Gasteiger partial charge in [0.1, 0.15) is 17.2 Å². The van der Waals surface area contributed by atoms with Crippen LogP contribution in [-0.4, -0.2) is 42.7 Å². The number of alkyl halides is 3. The molecule has 0 spiro atoms. The van der Waals surface area contributed by atoms with Crippen molar-refractivity contribution >= 4 is 45.0 Å². The highest BCUT2D eigenvalue weighted by molar-refractivity contribution is 7.85. The first-order chi connectivity index (χ1) is 17.7. The molecule has 0 atom stereocenters. The average Bonchev–Trinajstić information content (AvgIpc) is 2.85. The van der Waals surface area contributed by atoms with Crippen molar-refractivity contribution in [2.45, 2.75) is 13.1 Å². The third-order valence-corrected chi connectivity index (χ3v) is 5.49. The first-order valence-corrected chi connectivity index (χ1v) is 12.6. The fraction of sp³-hybridized carbons (Fsp3) is 0.174. The SMILES string of the molecule is CCS(=O)(=O)O.CNC(=O)c1cc(Oc2ccc(NC(=O)Nc3ccc(Cl)c(C(F)(F)F)c3)cc2)ccn1. The summed E-state index contributed by atoms with van der Waals surface area (Å²) in [5, 5.41) is 6.83. The topological polar surface area (TPSA) is 147 Å². The lowest BCUT2D eigenvalue weighted by molar-refractivity contribution is -0.137. The Morgan fingerprint density at radius 3 is 2.13 bits per heavy atom. The molecule has 3 amide bonds. The van der Waals surface area contributed by atoms with Gasteiger partial charge in [0, 0.05) is 30.7 Å². The summed E-state index contributed by atoms with van der Waals surface area (Å²) >= 11 is 5.57. The molecule has 2 aromatic carbocycles. The van der Waals surface area contributed by atoms with Gasteiger partial charge in [0.2, 0.25) is 0 Å². The molecule has 0 aliphatic heterocycles. The predicted molar refractivity (Wildman–Crippen MR) is 135 cm³/mol. The van der Waals surface area contributed by atoms with Gasteiger partial charge in [-0.1, -0.05) is 11.6 Å². The summed E-state index contributed by atoms with van der Waals surface area (Å²) in [5.41, 5.74) is -0.547. The van der Waals surface area contributed by atoms with E-state index in [4.69, 9.17) is 20.9 Å². The van der Waals surface area contributed by atoms with Crippen LogP contribution in [0.25, 0.3) is 0 Å². The number of hydrogen-bond donors (Lipinski definition) is 4. The van der Waals surface area contributed by atoms with Gasteiger partial charge in [0.25, 0.3) is 16.0 Å². The maximum atomic E-state index is 12.9. The van der Waals surface area contributed by atoms with E-state index in [9.17, 15) is 31.2 Å². The van der Waals surface area contributed by atoms with Gasteiger partial charge < -0.3 is 20.7 Å². The number of aromatic nitrogens is 1. The lowest BCUT2D eigenvalue weighted by Crippen LogP contribution is -2.19. The van der Waals surface area contributed by atoms with Crippen LogP contribution in [0.15, 0.2) is 60.8 Å². The van der Waals surface area contributed by atoms with E-state index in [0.717, 1.165) is 12.1 Å². The van der Waals surface area contributed by atoms with Crippen LogP contribution >= 0.6 is 11.6 Å². The number of hydrogen-bond acceptors (Lipinski definition) is 6. The van der Waals surface area contributed by atoms with Gasteiger partial charge in [0.05, 0.1) is 16.3 Å². The zero-order valence-electron chi connectivity index (χ0n) is 19.8. The number of amides is 3. The molecule has 1 aromatic heterocycles. The van der Waals surface area contributed by atoms with Crippen molar-refractivity contribution in [3.05, 3.63) is 77.1 Å². The highest BCUT2D eigenvalue weighted by atomic mass is 35.5. The maximum Gasteiger partial charge on any atom is 0.417 e. The minimum Gasteiger partial charge on any atom is -0.457 e. The standard InChI is InChI=1S/C21H16ClF3N4O3.C2H6O3S/c1-26-19(30)18-11-15(8-9-27-18)32-14-5-2-12(3-6-14)28-20(31)29-13-4-7-17(22)16(10-13)21(23,24)25;1-2-6(3,4)5/h2-11H,1H3,(H,26,30)(H2,28,29,31);2H2,1H3,(H,3,4,5). The second kappa shape index (κ2) is 13.1. The van der Waals surface area contributed by atoms with Crippen LogP contribution in [0.5, 0.6) is 11.5 Å². The fourth-order valence-electron chi connectivity index (χ4n) is 2.58. The zero-order chi connectivity index (χ0) is 28.5. The normalized spacial score (nSPS) is 11.0. The molecular weight excluding hydrogens is 553 g/mol. The molecule has 0 fully saturated rings. The molecule has 4 N–H and O–H groups in total. The fourth-order valence-corrected chi connectivity index (χ4v) is 2.81. The first-order valence-electron chi connectivity index (χ1n) is 10.6. The highest BCUT2D eigenvalue weighted by Crippen LogP contribution is 2.36. The monoisotopic (exact) mass is 574 g/mol. The number of carbonyl (C=O) groups is 2. The Hall–Kier alpha value is -3.88. The highest BCUT2D eigenvalue weighted by Gasteiger charge is 2.33. The van der Waals surface area contributed by atoms with Gasteiger partial charge >= 0.3 is 12.2 Å². The smallest absolute Gasteiger partial charge is 0.417 e. The average molecular weight is 575 g/mol. The molecule has 204 valence electrons. The van der Waals surface area contributed by atoms with Crippen molar-refractivity contribution in [3.8, 4) is 11.5 Å². The van der Waals surface area contributed by atoms with E-state index in [-0.39, 0.29) is 23.0 Å². The van der Waals surface area contributed by atoms with Crippen molar-refractivity contribution in [2.75, 3.05) is 23.4 Å². The number of nitrogens with zero attached hydrogens (tertiary/aromatic N) is 1. The van der Waals surface area contributed by atoms with Gasteiger partial charge in [-0.15, -0.1) is 0 Å². The Morgan fingerprint density at radius 1 is 1.00 bits per heavy atom. The Bertz CT molecular complexity index is 1390. The first kappa shape index (κ1) is 30.3. The van der Waals surface area contributed by atoms with E-state index in [1.807, 2.05) is 0 Å². The Morgan fingerprint density at radius 2 is 1.58 bits per heavy atom. The Kier molecular flexibility index (Phi) is 10.4. The molecule has 0 unspecified atom stereocenters. The van der Waals surface area contributed by atoms with Gasteiger partial charge in [-0.2, -0.15) is 21.6 Å². The van der Waals surface area contributed by atoms with Crippen LogP contribution in [0.2, 0.25) is 5.02 Å². The maximum absolute atomic E-state index is 12.9. The number of urea groups is 1. The summed E-state index contributed by atoms with van der Waals surface area (Å²) in [7, 11) is -2.17. The second-order valence-electron chi connectivity index (χ2n) is 7.22. The number of halogens is 4. The second-order valence-corrected chi connectivity index (χ2v) is 9.37. The number of nitrogens with one attached hydrogen (secondary N) is 3. The molecule has 0 aliphatic rings. The van der Waals surface area contributed by atoms with Gasteiger partial charge in [-0.05, 0) is 55.5 Å². The Balaban J connectivity index is 0.000000757. The minimum atomic E-state index is -4.64. The summed E-state index contributed by atoms with van der Waals surface area (Å²) in [6, 6.07) is 11.6. The summed E-state index contributed by atoms with van der Waals surface area (Å²) in [5.74, 6) is 0.259. The molecule has 0 saturated carbocycles. The summed E-state index contributed by atoms with van der Waals surface area (Å²) < 4.78 is 71.4. The summed E-state index contributed by atoms with van der Waals surface area (Å²) in [4.78, 5) is 27.7.